The Labute approximate surface area is 136 Å². The van der Waals surface area contributed by atoms with E-state index in [2.05, 4.69) is 41.0 Å². The minimum absolute atomic E-state index is 0.253. The first kappa shape index (κ1) is 16.5. The Morgan fingerprint density at radius 1 is 1.14 bits per heavy atom. The van der Waals surface area contributed by atoms with Crippen LogP contribution < -0.4 is 11.1 Å². The van der Waals surface area contributed by atoms with E-state index in [0.717, 1.165) is 22.8 Å². The molecule has 0 bridgehead atoms. The summed E-state index contributed by atoms with van der Waals surface area (Å²) in [4.78, 5) is 13.0. The third-order valence-electron chi connectivity index (χ3n) is 3.61. The van der Waals surface area contributed by atoms with Crippen LogP contribution in [0.4, 0.5) is 11.9 Å². The van der Waals surface area contributed by atoms with Crippen LogP contribution in [-0.4, -0.2) is 15.0 Å². The monoisotopic (exact) mass is 319 g/mol. The smallest absolute Gasteiger partial charge is 0.228 e. The molecule has 118 valence electrons. The minimum Gasteiger partial charge on any atom is -0.368 e. The van der Waals surface area contributed by atoms with Crippen molar-refractivity contribution in [2.75, 3.05) is 11.1 Å². The molecule has 1 atom stereocenters. The molecule has 0 aliphatic heterocycles. The molecule has 2 aromatic rings. The second kappa shape index (κ2) is 7.40. The Bertz CT molecular complexity index is 612. The van der Waals surface area contributed by atoms with Crippen molar-refractivity contribution in [1.82, 2.24) is 15.0 Å². The Morgan fingerprint density at radius 3 is 2.41 bits per heavy atom. The van der Waals surface area contributed by atoms with Crippen molar-refractivity contribution >= 4 is 23.5 Å². The highest BCUT2D eigenvalue weighted by Crippen LogP contribution is 2.25. The summed E-state index contributed by atoms with van der Waals surface area (Å²) in [5, 5.41) is 3.91. The fraction of sp³-hybridized carbons (Fsp3) is 0.438. The average Bonchev–Trinajstić information content (AvgIpc) is 2.46. The third-order valence-corrected chi connectivity index (χ3v) is 3.86. The molecule has 0 aliphatic carbocycles. The SMILES string of the molecule is CCC(c1nc(N)nc(NCc2ccc(Cl)cc2)n1)C(C)C. The van der Waals surface area contributed by atoms with Crippen LogP contribution in [-0.2, 0) is 6.54 Å². The first-order chi connectivity index (χ1) is 10.5. The van der Waals surface area contributed by atoms with Crippen LogP contribution in [0.25, 0.3) is 0 Å². The fourth-order valence-corrected chi connectivity index (χ4v) is 2.52. The van der Waals surface area contributed by atoms with E-state index < -0.39 is 0 Å². The third kappa shape index (κ3) is 4.31. The number of halogens is 1. The number of nitrogens with zero attached hydrogens (tertiary/aromatic N) is 3. The molecule has 0 saturated carbocycles. The maximum Gasteiger partial charge on any atom is 0.228 e. The normalized spacial score (nSPS) is 12.4. The first-order valence-corrected chi connectivity index (χ1v) is 7.87. The molecule has 1 unspecified atom stereocenters. The summed E-state index contributed by atoms with van der Waals surface area (Å²) in [5.41, 5.74) is 6.92. The van der Waals surface area contributed by atoms with Crippen LogP contribution in [0.1, 0.15) is 44.5 Å². The molecular weight excluding hydrogens is 298 g/mol. The van der Waals surface area contributed by atoms with Gasteiger partial charge in [-0.2, -0.15) is 15.0 Å². The zero-order chi connectivity index (χ0) is 16.1. The standard InChI is InChI=1S/C16H22ClN5/c1-4-13(10(2)3)14-20-15(18)22-16(21-14)19-9-11-5-7-12(17)8-6-11/h5-8,10,13H,4,9H2,1-3H3,(H3,18,19,20,21,22). The second-order valence-corrected chi connectivity index (χ2v) is 6.05. The van der Waals surface area contributed by atoms with Crippen molar-refractivity contribution in [2.45, 2.75) is 39.7 Å². The number of nitrogen functional groups attached to an aromatic ring is 1. The lowest BCUT2D eigenvalue weighted by Crippen LogP contribution is -2.15. The van der Waals surface area contributed by atoms with Gasteiger partial charge in [-0.1, -0.05) is 44.5 Å². The minimum atomic E-state index is 0.253. The maximum atomic E-state index is 5.88. The predicted molar refractivity (Wildman–Crippen MR) is 90.9 cm³/mol. The molecule has 0 fully saturated rings. The highest BCUT2D eigenvalue weighted by Gasteiger charge is 2.18. The largest absolute Gasteiger partial charge is 0.368 e. The summed E-state index contributed by atoms with van der Waals surface area (Å²) in [6, 6.07) is 7.64. The summed E-state index contributed by atoms with van der Waals surface area (Å²) in [7, 11) is 0. The van der Waals surface area contributed by atoms with E-state index in [-0.39, 0.29) is 11.9 Å². The number of benzene rings is 1. The molecule has 0 amide bonds. The summed E-state index contributed by atoms with van der Waals surface area (Å²) < 4.78 is 0. The van der Waals surface area contributed by atoms with Crippen molar-refractivity contribution in [1.29, 1.82) is 0 Å². The van der Waals surface area contributed by atoms with Crippen molar-refractivity contribution in [3.05, 3.63) is 40.7 Å². The van der Waals surface area contributed by atoms with Crippen LogP contribution >= 0.6 is 11.6 Å². The Morgan fingerprint density at radius 2 is 1.82 bits per heavy atom. The molecule has 0 spiro atoms. The number of nitrogens with one attached hydrogen (secondary N) is 1. The Balaban J connectivity index is 2.14. The summed E-state index contributed by atoms with van der Waals surface area (Å²) in [5.74, 6) is 2.25. The summed E-state index contributed by atoms with van der Waals surface area (Å²) >= 11 is 5.88. The lowest BCUT2D eigenvalue weighted by atomic mass is 9.92. The van der Waals surface area contributed by atoms with Crippen LogP contribution in [0.5, 0.6) is 0 Å². The van der Waals surface area contributed by atoms with E-state index in [1.54, 1.807) is 0 Å². The lowest BCUT2D eigenvalue weighted by Gasteiger charge is -2.18. The fourth-order valence-electron chi connectivity index (χ4n) is 2.39. The van der Waals surface area contributed by atoms with Crippen LogP contribution in [0.2, 0.25) is 5.02 Å². The van der Waals surface area contributed by atoms with Gasteiger partial charge in [-0.3, -0.25) is 0 Å². The molecule has 22 heavy (non-hydrogen) atoms. The van der Waals surface area contributed by atoms with Gasteiger partial charge in [-0.15, -0.1) is 0 Å². The van der Waals surface area contributed by atoms with Crippen LogP contribution in [0.3, 0.4) is 0 Å². The Hall–Kier alpha value is -1.88. The van der Waals surface area contributed by atoms with E-state index in [9.17, 15) is 0 Å². The molecule has 1 heterocycles. The molecule has 0 aliphatic rings. The molecule has 6 heteroatoms. The molecule has 5 nitrogen and oxygen atoms in total. The second-order valence-electron chi connectivity index (χ2n) is 5.61. The number of nitrogens with two attached hydrogens (primary N) is 1. The van der Waals surface area contributed by atoms with Gasteiger partial charge in [0.15, 0.2) is 0 Å². The van der Waals surface area contributed by atoms with E-state index in [1.807, 2.05) is 24.3 Å². The van der Waals surface area contributed by atoms with Gasteiger partial charge >= 0.3 is 0 Å². The van der Waals surface area contributed by atoms with E-state index in [4.69, 9.17) is 17.3 Å². The number of aromatic nitrogens is 3. The molecule has 0 radical (unpaired) electrons. The van der Waals surface area contributed by atoms with Gasteiger partial charge in [-0.05, 0) is 30.0 Å². The van der Waals surface area contributed by atoms with Gasteiger partial charge < -0.3 is 11.1 Å². The van der Waals surface area contributed by atoms with Gasteiger partial charge in [-0.25, -0.2) is 0 Å². The average molecular weight is 320 g/mol. The number of rotatable bonds is 6. The zero-order valence-corrected chi connectivity index (χ0v) is 13.9. The van der Waals surface area contributed by atoms with Crippen LogP contribution in [0.15, 0.2) is 24.3 Å². The van der Waals surface area contributed by atoms with Crippen molar-refractivity contribution in [3.8, 4) is 0 Å². The predicted octanol–water partition coefficient (Wildman–Crippen LogP) is 3.87. The maximum absolute atomic E-state index is 5.88. The van der Waals surface area contributed by atoms with E-state index >= 15 is 0 Å². The van der Waals surface area contributed by atoms with Gasteiger partial charge in [0.25, 0.3) is 0 Å². The molecule has 0 saturated heterocycles. The van der Waals surface area contributed by atoms with Crippen LogP contribution in [0, 0.1) is 5.92 Å². The van der Waals surface area contributed by atoms with Crippen molar-refractivity contribution in [2.24, 2.45) is 5.92 Å². The van der Waals surface area contributed by atoms with E-state index in [1.165, 1.54) is 0 Å². The highest BCUT2D eigenvalue weighted by atomic mass is 35.5. The quantitative estimate of drug-likeness (QED) is 0.845. The topological polar surface area (TPSA) is 76.7 Å². The zero-order valence-electron chi connectivity index (χ0n) is 13.2. The Kier molecular flexibility index (Phi) is 5.55. The molecule has 3 N–H and O–H groups in total. The van der Waals surface area contributed by atoms with Crippen molar-refractivity contribution < 1.29 is 0 Å². The number of anilines is 2. The molecule has 1 aromatic carbocycles. The number of hydrogen-bond donors (Lipinski definition) is 2. The lowest BCUT2D eigenvalue weighted by molar-refractivity contribution is 0.463. The van der Waals surface area contributed by atoms with Gasteiger partial charge in [0.1, 0.15) is 5.82 Å². The molecule has 2 rings (SSSR count). The van der Waals surface area contributed by atoms with Gasteiger partial charge in [0.05, 0.1) is 0 Å². The highest BCUT2D eigenvalue weighted by molar-refractivity contribution is 6.30. The molecule has 1 aromatic heterocycles. The van der Waals surface area contributed by atoms with Crippen molar-refractivity contribution in [3.63, 3.8) is 0 Å². The summed E-state index contributed by atoms with van der Waals surface area (Å²) in [6.45, 7) is 7.06. The first-order valence-electron chi connectivity index (χ1n) is 7.49. The van der Waals surface area contributed by atoms with E-state index in [0.29, 0.717) is 18.4 Å². The number of hydrogen-bond acceptors (Lipinski definition) is 5. The molecular formula is C16H22ClN5. The van der Waals surface area contributed by atoms with Gasteiger partial charge in [0, 0.05) is 17.5 Å². The summed E-state index contributed by atoms with van der Waals surface area (Å²) in [6.07, 6.45) is 0.970. The van der Waals surface area contributed by atoms with Gasteiger partial charge in [0.2, 0.25) is 11.9 Å².